The van der Waals surface area contributed by atoms with E-state index in [1.165, 1.54) is 19.3 Å². The fourth-order valence-electron chi connectivity index (χ4n) is 5.94. The summed E-state index contributed by atoms with van der Waals surface area (Å²) in [5.41, 5.74) is 0.334. The Morgan fingerprint density at radius 2 is 1.60 bits per heavy atom. The molecule has 0 bridgehead atoms. The third-order valence-corrected chi connectivity index (χ3v) is 6.93. The molecular weight excluding hydrogens is 320 g/mol. The molecule has 5 heteroatoms. The van der Waals surface area contributed by atoms with Crippen molar-refractivity contribution in [3.05, 3.63) is 12.2 Å². The lowest BCUT2D eigenvalue weighted by atomic mass is 9.71. The van der Waals surface area contributed by atoms with Crippen LogP contribution in [0, 0.1) is 10.8 Å². The first-order valence-corrected chi connectivity index (χ1v) is 9.71. The Morgan fingerprint density at radius 3 is 2.28 bits per heavy atom. The van der Waals surface area contributed by atoms with Gasteiger partial charge in [0.05, 0.1) is 12.7 Å². The van der Waals surface area contributed by atoms with Gasteiger partial charge in [0.25, 0.3) is 0 Å². The molecule has 1 saturated carbocycles. The third-order valence-electron chi connectivity index (χ3n) is 6.93. The van der Waals surface area contributed by atoms with E-state index in [9.17, 15) is 0 Å². The van der Waals surface area contributed by atoms with Gasteiger partial charge in [0.2, 0.25) is 0 Å². The van der Waals surface area contributed by atoms with Gasteiger partial charge >= 0.3 is 0 Å². The number of ether oxygens (including phenoxy) is 5. The van der Waals surface area contributed by atoms with Gasteiger partial charge in [0.1, 0.15) is 12.2 Å². The van der Waals surface area contributed by atoms with Crippen LogP contribution in [0.1, 0.15) is 59.8 Å². The summed E-state index contributed by atoms with van der Waals surface area (Å²) in [5.74, 6) is -1.12. The Labute approximate surface area is 150 Å². The Bertz CT molecular complexity index is 589. The first-order chi connectivity index (χ1) is 11.7. The fraction of sp³-hybridized carbons (Fsp3) is 0.900. The van der Waals surface area contributed by atoms with Crippen LogP contribution >= 0.6 is 0 Å². The van der Waals surface area contributed by atoms with Crippen LogP contribution in [0.2, 0.25) is 0 Å². The van der Waals surface area contributed by atoms with Gasteiger partial charge in [-0.3, -0.25) is 0 Å². The quantitative estimate of drug-likeness (QED) is 0.677. The van der Waals surface area contributed by atoms with Crippen molar-refractivity contribution in [1.29, 1.82) is 0 Å². The summed E-state index contributed by atoms with van der Waals surface area (Å²) in [6.45, 7) is 8.49. The Hall–Kier alpha value is -0.460. The normalized spacial score (nSPS) is 48.8. The number of hydrogen-bond donors (Lipinski definition) is 0. The van der Waals surface area contributed by atoms with Gasteiger partial charge in [-0.15, -0.1) is 0 Å². The van der Waals surface area contributed by atoms with Crippen LogP contribution in [-0.4, -0.2) is 42.8 Å². The lowest BCUT2D eigenvalue weighted by Gasteiger charge is -2.38. The zero-order chi connectivity index (χ0) is 17.5. The molecular formula is C20H30O5. The Kier molecular flexibility index (Phi) is 3.39. The Balaban J connectivity index is 1.47. The van der Waals surface area contributed by atoms with E-state index in [2.05, 4.69) is 12.2 Å². The van der Waals surface area contributed by atoms with Gasteiger partial charge in [-0.2, -0.15) is 0 Å². The zero-order valence-electron chi connectivity index (χ0n) is 15.7. The highest BCUT2D eigenvalue weighted by atomic mass is 16.8. The van der Waals surface area contributed by atoms with E-state index in [1.54, 1.807) is 0 Å². The summed E-state index contributed by atoms with van der Waals surface area (Å²) >= 11 is 0. The molecule has 0 radical (unpaired) electrons. The molecule has 0 N–H and O–H groups in total. The molecule has 5 nitrogen and oxygen atoms in total. The van der Waals surface area contributed by atoms with Crippen LogP contribution in [0.4, 0.5) is 0 Å². The van der Waals surface area contributed by atoms with E-state index < -0.39 is 11.6 Å². The molecule has 2 aliphatic carbocycles. The van der Waals surface area contributed by atoms with Crippen LogP contribution in [0.3, 0.4) is 0 Å². The monoisotopic (exact) mass is 350 g/mol. The molecule has 0 aromatic rings. The van der Waals surface area contributed by atoms with Crippen LogP contribution in [0.15, 0.2) is 12.2 Å². The molecule has 2 spiro atoms. The standard InChI is InChI=1S/C20H30O5/c1-17(2)21-11-13(23-17)14-20(10-9-19(12-20)7-5-6-8-19)15-16(22-14)25-18(3,4)24-15/h5-6,13-16H,7-12H2,1-4H3/t13-,14-,15+,16-,20+/m1/s1. The van der Waals surface area contributed by atoms with E-state index in [0.29, 0.717) is 12.0 Å². The number of allylic oxidation sites excluding steroid dienone is 2. The predicted molar refractivity (Wildman–Crippen MR) is 90.7 cm³/mol. The fourth-order valence-corrected chi connectivity index (χ4v) is 5.94. The molecule has 0 aromatic carbocycles. The molecule has 0 aromatic heterocycles. The van der Waals surface area contributed by atoms with Crippen molar-refractivity contribution in [1.82, 2.24) is 0 Å². The van der Waals surface area contributed by atoms with Crippen LogP contribution in [0.5, 0.6) is 0 Å². The summed E-state index contributed by atoms with van der Waals surface area (Å²) in [6.07, 6.45) is 10.1. The summed E-state index contributed by atoms with van der Waals surface area (Å²) in [7, 11) is 0. The molecule has 0 unspecified atom stereocenters. The van der Waals surface area contributed by atoms with E-state index in [4.69, 9.17) is 23.7 Å². The average Bonchev–Trinajstić information content (AvgIpc) is 3.28. The van der Waals surface area contributed by atoms with Gasteiger partial charge in [0.15, 0.2) is 17.9 Å². The van der Waals surface area contributed by atoms with Crippen molar-refractivity contribution in [3.8, 4) is 0 Å². The molecule has 3 saturated heterocycles. The van der Waals surface area contributed by atoms with Crippen molar-refractivity contribution in [3.63, 3.8) is 0 Å². The second kappa shape index (κ2) is 5.08. The summed E-state index contributed by atoms with van der Waals surface area (Å²) in [5, 5.41) is 0. The molecule has 0 amide bonds. The largest absolute Gasteiger partial charge is 0.348 e. The smallest absolute Gasteiger partial charge is 0.188 e. The molecule has 25 heavy (non-hydrogen) atoms. The minimum atomic E-state index is -0.580. The van der Waals surface area contributed by atoms with Gasteiger partial charge in [0, 0.05) is 5.41 Å². The highest BCUT2D eigenvalue weighted by molar-refractivity contribution is 5.17. The van der Waals surface area contributed by atoms with Gasteiger partial charge in [-0.1, -0.05) is 12.2 Å². The minimum Gasteiger partial charge on any atom is -0.348 e. The van der Waals surface area contributed by atoms with E-state index >= 15 is 0 Å². The molecule has 5 aliphatic rings. The van der Waals surface area contributed by atoms with Gasteiger partial charge in [-0.05, 0) is 65.2 Å². The van der Waals surface area contributed by atoms with Crippen molar-refractivity contribution >= 4 is 0 Å². The number of fused-ring (bicyclic) bond motifs is 2. The SMILES string of the molecule is CC1(C)OC[C@H]([C@H]2O[C@@H]3OC(C)(C)O[C@@H]3[C@]23CCC2(CC=CC2)C3)O1. The third kappa shape index (κ3) is 2.47. The number of rotatable bonds is 1. The van der Waals surface area contributed by atoms with Crippen LogP contribution in [-0.2, 0) is 23.7 Å². The van der Waals surface area contributed by atoms with Crippen molar-refractivity contribution in [2.24, 2.45) is 10.8 Å². The lowest BCUT2D eigenvalue weighted by molar-refractivity contribution is -0.237. The molecule has 4 fully saturated rings. The lowest BCUT2D eigenvalue weighted by Crippen LogP contribution is -2.47. The van der Waals surface area contributed by atoms with E-state index in [-0.39, 0.29) is 30.0 Å². The second-order valence-electron chi connectivity index (χ2n) is 9.64. The van der Waals surface area contributed by atoms with E-state index in [0.717, 1.165) is 12.8 Å². The minimum absolute atomic E-state index is 0.0141. The Morgan fingerprint density at radius 1 is 0.840 bits per heavy atom. The van der Waals surface area contributed by atoms with Gasteiger partial charge in [-0.25, -0.2) is 0 Å². The maximum Gasteiger partial charge on any atom is 0.188 e. The summed E-state index contributed by atoms with van der Waals surface area (Å²) in [4.78, 5) is 0. The molecule has 140 valence electrons. The maximum absolute atomic E-state index is 6.47. The highest BCUT2D eigenvalue weighted by Gasteiger charge is 2.69. The highest BCUT2D eigenvalue weighted by Crippen LogP contribution is 2.65. The second-order valence-corrected chi connectivity index (χ2v) is 9.64. The van der Waals surface area contributed by atoms with Crippen LogP contribution in [0.25, 0.3) is 0 Å². The molecule has 5 atom stereocenters. The predicted octanol–water partition coefficient (Wildman–Crippen LogP) is 3.52. The number of hydrogen-bond acceptors (Lipinski definition) is 5. The topological polar surface area (TPSA) is 46.2 Å². The van der Waals surface area contributed by atoms with Crippen molar-refractivity contribution in [2.45, 2.75) is 96.0 Å². The first-order valence-electron chi connectivity index (χ1n) is 9.71. The molecule has 5 rings (SSSR count). The van der Waals surface area contributed by atoms with Crippen molar-refractivity contribution in [2.75, 3.05) is 6.61 Å². The van der Waals surface area contributed by atoms with Gasteiger partial charge < -0.3 is 23.7 Å². The van der Waals surface area contributed by atoms with Crippen molar-refractivity contribution < 1.29 is 23.7 Å². The maximum atomic E-state index is 6.47. The summed E-state index contributed by atoms with van der Waals surface area (Å²) in [6, 6.07) is 0. The summed E-state index contributed by atoms with van der Waals surface area (Å²) < 4.78 is 31.0. The average molecular weight is 350 g/mol. The first kappa shape index (κ1) is 16.7. The van der Waals surface area contributed by atoms with Crippen LogP contribution < -0.4 is 0 Å². The van der Waals surface area contributed by atoms with E-state index in [1.807, 2.05) is 27.7 Å². The molecule has 3 heterocycles. The molecule has 3 aliphatic heterocycles. The zero-order valence-corrected chi connectivity index (χ0v) is 15.7.